The van der Waals surface area contributed by atoms with Crippen LogP contribution in [0, 0.1) is 0 Å². The molecular formula is C11H12ClNO2. The number of nitrogens with one attached hydrogen (secondary N) is 1. The van der Waals surface area contributed by atoms with Gasteiger partial charge < -0.3 is 10.4 Å². The smallest absolute Gasteiger partial charge is 0.329 e. The number of carbonyl (C=O) groups is 1. The fraction of sp³-hybridized carbons (Fsp3) is 0.182. The summed E-state index contributed by atoms with van der Waals surface area (Å²) in [6.07, 6.45) is 2.48. The minimum absolute atomic E-state index is 0.0536. The highest BCUT2D eigenvalue weighted by molar-refractivity contribution is 6.30. The summed E-state index contributed by atoms with van der Waals surface area (Å²) in [7, 11) is 0. The van der Waals surface area contributed by atoms with Crippen molar-refractivity contribution in [3.05, 3.63) is 47.1 Å². The third-order valence-corrected chi connectivity index (χ3v) is 2.19. The minimum Gasteiger partial charge on any atom is -0.478 e. The van der Waals surface area contributed by atoms with E-state index in [9.17, 15) is 4.79 Å². The van der Waals surface area contributed by atoms with Crippen molar-refractivity contribution in [2.75, 3.05) is 0 Å². The molecule has 0 aliphatic heterocycles. The Labute approximate surface area is 93.4 Å². The van der Waals surface area contributed by atoms with Gasteiger partial charge in [0.1, 0.15) is 0 Å². The van der Waals surface area contributed by atoms with Crippen molar-refractivity contribution < 1.29 is 9.90 Å². The van der Waals surface area contributed by atoms with Crippen molar-refractivity contribution in [1.82, 2.24) is 5.32 Å². The Kier molecular flexibility index (Phi) is 4.18. The predicted octanol–water partition coefficient (Wildman–Crippen LogP) is 2.59. The molecule has 0 aliphatic rings. The highest BCUT2D eigenvalue weighted by Gasteiger charge is 2.01. The lowest BCUT2D eigenvalue weighted by atomic mass is 10.1. The van der Waals surface area contributed by atoms with Crippen molar-refractivity contribution in [2.24, 2.45) is 0 Å². The molecule has 3 nitrogen and oxygen atoms in total. The second-order valence-electron chi connectivity index (χ2n) is 3.11. The fourth-order valence-corrected chi connectivity index (χ4v) is 1.24. The van der Waals surface area contributed by atoms with Gasteiger partial charge in [-0.15, -0.1) is 0 Å². The number of benzene rings is 1. The molecule has 1 unspecified atom stereocenters. The summed E-state index contributed by atoms with van der Waals surface area (Å²) < 4.78 is 0. The summed E-state index contributed by atoms with van der Waals surface area (Å²) in [6.45, 7) is 1.94. The number of hydrogen-bond donors (Lipinski definition) is 2. The van der Waals surface area contributed by atoms with Crippen LogP contribution in [0.3, 0.4) is 0 Å². The number of hydrogen-bond acceptors (Lipinski definition) is 2. The summed E-state index contributed by atoms with van der Waals surface area (Å²) in [5.41, 5.74) is 1.05. The van der Waals surface area contributed by atoms with Crippen LogP contribution in [0.5, 0.6) is 0 Å². The molecule has 0 radical (unpaired) electrons. The number of carboxylic acids is 1. The molecule has 0 aliphatic carbocycles. The van der Waals surface area contributed by atoms with E-state index in [-0.39, 0.29) is 6.04 Å². The summed E-state index contributed by atoms with van der Waals surface area (Å²) in [4.78, 5) is 10.2. The van der Waals surface area contributed by atoms with Gasteiger partial charge in [-0.05, 0) is 24.6 Å². The normalized spacial score (nSPS) is 12.7. The van der Waals surface area contributed by atoms with E-state index in [1.54, 1.807) is 12.1 Å². The van der Waals surface area contributed by atoms with Crippen LogP contribution in [0.4, 0.5) is 0 Å². The van der Waals surface area contributed by atoms with E-state index in [0.29, 0.717) is 5.02 Å². The average molecular weight is 226 g/mol. The zero-order valence-electron chi connectivity index (χ0n) is 8.27. The molecule has 0 spiro atoms. The van der Waals surface area contributed by atoms with Crippen LogP contribution in [-0.4, -0.2) is 11.1 Å². The Morgan fingerprint density at radius 3 is 2.60 bits per heavy atom. The molecular weight excluding hydrogens is 214 g/mol. The highest BCUT2D eigenvalue weighted by atomic mass is 35.5. The quantitative estimate of drug-likeness (QED) is 0.775. The van der Waals surface area contributed by atoms with Crippen molar-refractivity contribution in [3.63, 3.8) is 0 Å². The van der Waals surface area contributed by atoms with Gasteiger partial charge in [-0.2, -0.15) is 0 Å². The van der Waals surface area contributed by atoms with Crippen LogP contribution >= 0.6 is 11.6 Å². The Bertz CT molecular complexity index is 359. The molecule has 0 saturated heterocycles. The lowest BCUT2D eigenvalue weighted by molar-refractivity contribution is -0.131. The van der Waals surface area contributed by atoms with Gasteiger partial charge in [0.25, 0.3) is 0 Å². The van der Waals surface area contributed by atoms with Crippen LogP contribution in [-0.2, 0) is 4.79 Å². The summed E-state index contributed by atoms with van der Waals surface area (Å²) >= 11 is 5.75. The van der Waals surface area contributed by atoms with Crippen LogP contribution in [0.1, 0.15) is 18.5 Å². The van der Waals surface area contributed by atoms with Crippen LogP contribution in [0.2, 0.25) is 5.02 Å². The summed E-state index contributed by atoms with van der Waals surface area (Å²) in [5, 5.41) is 12.0. The van der Waals surface area contributed by atoms with Crippen molar-refractivity contribution in [1.29, 1.82) is 0 Å². The zero-order chi connectivity index (χ0) is 11.3. The molecule has 1 aromatic rings. The molecule has 0 amide bonds. The van der Waals surface area contributed by atoms with Gasteiger partial charge in [0.05, 0.1) is 0 Å². The SMILES string of the molecule is CC(N/C=C/C(=O)O)c1ccc(Cl)cc1. The van der Waals surface area contributed by atoms with Crippen molar-refractivity contribution in [2.45, 2.75) is 13.0 Å². The van der Waals surface area contributed by atoms with Crippen LogP contribution in [0.15, 0.2) is 36.5 Å². The first-order chi connectivity index (χ1) is 7.09. The first kappa shape index (κ1) is 11.6. The third-order valence-electron chi connectivity index (χ3n) is 1.94. The van der Waals surface area contributed by atoms with Gasteiger partial charge in [-0.3, -0.25) is 0 Å². The predicted molar refractivity (Wildman–Crippen MR) is 59.8 cm³/mol. The van der Waals surface area contributed by atoms with Crippen LogP contribution < -0.4 is 5.32 Å². The Hall–Kier alpha value is -1.48. The molecule has 80 valence electrons. The maximum atomic E-state index is 10.2. The molecule has 1 aromatic carbocycles. The topological polar surface area (TPSA) is 49.3 Å². The Morgan fingerprint density at radius 2 is 2.07 bits per heavy atom. The Balaban J connectivity index is 2.57. The van der Waals surface area contributed by atoms with Crippen LogP contribution in [0.25, 0.3) is 0 Å². The largest absolute Gasteiger partial charge is 0.478 e. The molecule has 1 rings (SSSR count). The van der Waals surface area contributed by atoms with E-state index in [1.807, 2.05) is 19.1 Å². The third kappa shape index (κ3) is 4.04. The standard InChI is InChI=1S/C11H12ClNO2/c1-8(13-7-6-11(14)15)9-2-4-10(12)5-3-9/h2-8,13H,1H3,(H,14,15)/b7-6+. The molecule has 0 bridgehead atoms. The minimum atomic E-state index is -0.967. The lowest BCUT2D eigenvalue weighted by Gasteiger charge is -2.11. The molecule has 1 atom stereocenters. The first-order valence-electron chi connectivity index (χ1n) is 4.50. The maximum absolute atomic E-state index is 10.2. The first-order valence-corrected chi connectivity index (χ1v) is 4.88. The number of carboxylic acid groups (broad SMARTS) is 1. The van der Waals surface area contributed by atoms with Crippen molar-refractivity contribution >= 4 is 17.6 Å². The van der Waals surface area contributed by atoms with Gasteiger partial charge >= 0.3 is 5.97 Å². The highest BCUT2D eigenvalue weighted by Crippen LogP contribution is 2.15. The lowest BCUT2D eigenvalue weighted by Crippen LogP contribution is -2.11. The van der Waals surface area contributed by atoms with E-state index in [2.05, 4.69) is 5.32 Å². The fourth-order valence-electron chi connectivity index (χ4n) is 1.11. The van der Waals surface area contributed by atoms with Gasteiger partial charge in [-0.1, -0.05) is 23.7 Å². The summed E-state index contributed by atoms with van der Waals surface area (Å²) in [6, 6.07) is 7.45. The molecule has 15 heavy (non-hydrogen) atoms. The molecule has 4 heteroatoms. The molecule has 0 saturated carbocycles. The second-order valence-corrected chi connectivity index (χ2v) is 3.55. The Morgan fingerprint density at radius 1 is 1.47 bits per heavy atom. The average Bonchev–Trinajstić information content (AvgIpc) is 2.18. The molecule has 2 N–H and O–H groups in total. The van der Waals surface area contributed by atoms with Gasteiger partial charge in [-0.25, -0.2) is 4.79 Å². The van der Waals surface area contributed by atoms with Gasteiger partial charge in [0, 0.05) is 23.3 Å². The number of aliphatic carboxylic acids is 1. The van der Waals surface area contributed by atoms with E-state index < -0.39 is 5.97 Å². The number of rotatable bonds is 4. The van der Waals surface area contributed by atoms with Gasteiger partial charge in [0.2, 0.25) is 0 Å². The van der Waals surface area contributed by atoms with E-state index >= 15 is 0 Å². The maximum Gasteiger partial charge on any atom is 0.329 e. The van der Waals surface area contributed by atoms with E-state index in [0.717, 1.165) is 11.6 Å². The van der Waals surface area contributed by atoms with Crippen molar-refractivity contribution in [3.8, 4) is 0 Å². The summed E-state index contributed by atoms with van der Waals surface area (Å²) in [5.74, 6) is -0.967. The number of halogens is 1. The second kappa shape index (κ2) is 5.41. The molecule has 0 heterocycles. The zero-order valence-corrected chi connectivity index (χ0v) is 9.03. The molecule has 0 aromatic heterocycles. The van der Waals surface area contributed by atoms with E-state index in [4.69, 9.17) is 16.7 Å². The van der Waals surface area contributed by atoms with E-state index in [1.165, 1.54) is 6.20 Å². The molecule has 0 fully saturated rings. The monoisotopic (exact) mass is 225 g/mol. The van der Waals surface area contributed by atoms with Gasteiger partial charge in [0.15, 0.2) is 0 Å².